The minimum Gasteiger partial charge on any atom is -0.457 e. The number of halogens is 1. The highest BCUT2D eigenvalue weighted by Gasteiger charge is 2.21. The molecule has 0 saturated heterocycles. The zero-order valence-corrected chi connectivity index (χ0v) is 13.6. The van der Waals surface area contributed by atoms with E-state index in [9.17, 15) is 4.79 Å². The molecule has 0 saturated carbocycles. The monoisotopic (exact) mass is 358 g/mol. The van der Waals surface area contributed by atoms with Gasteiger partial charge in [-0.25, -0.2) is 5.43 Å². The second kappa shape index (κ2) is 6.32. The van der Waals surface area contributed by atoms with Gasteiger partial charge in [-0.05, 0) is 54.1 Å². The van der Waals surface area contributed by atoms with E-state index in [4.69, 9.17) is 4.74 Å². The zero-order chi connectivity index (χ0) is 15.5. The lowest BCUT2D eigenvalue weighted by Gasteiger charge is -2.19. The Morgan fingerprint density at radius 3 is 2.27 bits per heavy atom. The molecule has 2 aromatic rings. The van der Waals surface area contributed by atoms with Crippen LogP contribution in [0, 0.1) is 5.92 Å². The highest BCUT2D eigenvalue weighted by Crippen LogP contribution is 2.25. The van der Waals surface area contributed by atoms with Crippen molar-refractivity contribution >= 4 is 27.5 Å². The molecule has 1 atom stereocenters. The summed E-state index contributed by atoms with van der Waals surface area (Å²) in [6, 6.07) is 15.4. The normalized spacial score (nSPS) is 17.6. The maximum absolute atomic E-state index is 11.3. The number of rotatable bonds is 3. The number of hydrazone groups is 1. The summed E-state index contributed by atoms with van der Waals surface area (Å²) in [6.45, 7) is 2.00. The molecule has 0 aliphatic carbocycles. The summed E-state index contributed by atoms with van der Waals surface area (Å²) in [4.78, 5) is 11.3. The van der Waals surface area contributed by atoms with E-state index in [1.165, 1.54) is 0 Å². The minimum atomic E-state index is -0.0357. The van der Waals surface area contributed by atoms with Crippen molar-refractivity contribution in [1.82, 2.24) is 5.43 Å². The van der Waals surface area contributed by atoms with Crippen LogP contribution in [0.15, 0.2) is 58.1 Å². The molecule has 1 unspecified atom stereocenters. The van der Waals surface area contributed by atoms with Crippen LogP contribution in [0.1, 0.15) is 18.9 Å². The predicted molar refractivity (Wildman–Crippen MR) is 89.1 cm³/mol. The third-order valence-electron chi connectivity index (χ3n) is 3.46. The molecule has 1 amide bonds. The van der Waals surface area contributed by atoms with Gasteiger partial charge in [-0.2, -0.15) is 5.10 Å². The van der Waals surface area contributed by atoms with E-state index in [2.05, 4.69) is 26.5 Å². The van der Waals surface area contributed by atoms with Crippen molar-refractivity contribution in [1.29, 1.82) is 0 Å². The molecular formula is C17H15BrN2O2. The Morgan fingerprint density at radius 2 is 1.68 bits per heavy atom. The summed E-state index contributed by atoms with van der Waals surface area (Å²) < 4.78 is 6.80. The van der Waals surface area contributed by atoms with Crippen LogP contribution in [0.25, 0.3) is 0 Å². The smallest absolute Gasteiger partial charge is 0.240 e. The Morgan fingerprint density at radius 1 is 1.09 bits per heavy atom. The lowest BCUT2D eigenvalue weighted by Crippen LogP contribution is -2.31. The number of carbonyl (C=O) groups excluding carboxylic acids is 1. The highest BCUT2D eigenvalue weighted by atomic mass is 79.9. The summed E-state index contributed by atoms with van der Waals surface area (Å²) >= 11 is 3.40. The Bertz CT molecular complexity index is 708. The van der Waals surface area contributed by atoms with Crippen LogP contribution in [0.3, 0.4) is 0 Å². The van der Waals surface area contributed by atoms with Crippen molar-refractivity contribution in [3.05, 3.63) is 58.6 Å². The first-order valence-electron chi connectivity index (χ1n) is 7.02. The fraction of sp³-hybridized carbons (Fsp3) is 0.176. The average Bonchev–Trinajstić information content (AvgIpc) is 2.51. The molecule has 1 aliphatic rings. The summed E-state index contributed by atoms with van der Waals surface area (Å²) in [5, 5.41) is 4.16. The van der Waals surface area contributed by atoms with Crippen molar-refractivity contribution in [2.45, 2.75) is 13.3 Å². The summed E-state index contributed by atoms with van der Waals surface area (Å²) in [5.41, 5.74) is 4.43. The summed E-state index contributed by atoms with van der Waals surface area (Å²) in [6.07, 6.45) is 0.468. The summed E-state index contributed by atoms with van der Waals surface area (Å²) in [5.74, 6) is 1.63. The zero-order valence-electron chi connectivity index (χ0n) is 12.0. The second-order valence-corrected chi connectivity index (χ2v) is 6.13. The van der Waals surface area contributed by atoms with Crippen molar-refractivity contribution in [3.63, 3.8) is 0 Å². The Labute approximate surface area is 137 Å². The van der Waals surface area contributed by atoms with Gasteiger partial charge < -0.3 is 4.74 Å². The van der Waals surface area contributed by atoms with Crippen LogP contribution >= 0.6 is 15.9 Å². The number of benzene rings is 2. The lowest BCUT2D eigenvalue weighted by molar-refractivity contribution is -0.121. The number of nitrogens with one attached hydrogen (secondary N) is 1. The SMILES string of the molecule is CC1CC(=O)NN=C1c1ccc(Oc2ccc(Br)cc2)cc1. The molecule has 1 N–H and O–H groups in total. The van der Waals surface area contributed by atoms with Crippen LogP contribution in [0.4, 0.5) is 0 Å². The van der Waals surface area contributed by atoms with E-state index >= 15 is 0 Å². The molecule has 0 radical (unpaired) electrons. The molecule has 0 aromatic heterocycles. The molecule has 0 fully saturated rings. The molecule has 0 spiro atoms. The number of hydrogen-bond acceptors (Lipinski definition) is 3. The van der Waals surface area contributed by atoms with E-state index < -0.39 is 0 Å². The molecule has 1 aliphatic heterocycles. The quantitative estimate of drug-likeness (QED) is 0.897. The van der Waals surface area contributed by atoms with Gasteiger partial charge in [-0.1, -0.05) is 22.9 Å². The van der Waals surface area contributed by atoms with Crippen LogP contribution < -0.4 is 10.2 Å². The Hall–Kier alpha value is -2.14. The molecule has 1 heterocycles. The number of hydrogen-bond donors (Lipinski definition) is 1. The van der Waals surface area contributed by atoms with Gasteiger partial charge in [0.05, 0.1) is 5.71 Å². The fourth-order valence-corrected chi connectivity index (χ4v) is 2.60. The van der Waals surface area contributed by atoms with Gasteiger partial charge in [0, 0.05) is 16.8 Å². The molecule has 0 bridgehead atoms. The second-order valence-electron chi connectivity index (χ2n) is 5.22. The van der Waals surface area contributed by atoms with Gasteiger partial charge in [-0.3, -0.25) is 4.79 Å². The van der Waals surface area contributed by atoms with Gasteiger partial charge in [-0.15, -0.1) is 0 Å². The lowest BCUT2D eigenvalue weighted by atomic mass is 9.94. The molecule has 112 valence electrons. The molecule has 3 rings (SSSR count). The highest BCUT2D eigenvalue weighted by molar-refractivity contribution is 9.10. The van der Waals surface area contributed by atoms with Gasteiger partial charge >= 0.3 is 0 Å². The number of carbonyl (C=O) groups is 1. The molecule has 5 heteroatoms. The Kier molecular flexibility index (Phi) is 4.24. The van der Waals surface area contributed by atoms with Gasteiger partial charge in [0.25, 0.3) is 0 Å². The first-order valence-corrected chi connectivity index (χ1v) is 7.81. The standard InChI is InChI=1S/C17H15BrN2O2/c1-11-10-16(21)19-20-17(11)12-2-6-14(7-3-12)22-15-8-4-13(18)5-9-15/h2-9,11H,10H2,1H3,(H,19,21). The number of amides is 1. The summed E-state index contributed by atoms with van der Waals surface area (Å²) in [7, 11) is 0. The number of nitrogens with zero attached hydrogens (tertiary/aromatic N) is 1. The Balaban J connectivity index is 1.75. The minimum absolute atomic E-state index is 0.0357. The molecule has 4 nitrogen and oxygen atoms in total. The van der Waals surface area contributed by atoms with Crippen molar-refractivity contribution in [2.75, 3.05) is 0 Å². The van der Waals surface area contributed by atoms with Crippen molar-refractivity contribution in [2.24, 2.45) is 11.0 Å². The van der Waals surface area contributed by atoms with Gasteiger partial charge in [0.15, 0.2) is 0 Å². The van der Waals surface area contributed by atoms with Crippen LogP contribution in [0.2, 0.25) is 0 Å². The molecular weight excluding hydrogens is 344 g/mol. The van der Waals surface area contributed by atoms with Crippen molar-refractivity contribution in [3.8, 4) is 11.5 Å². The average molecular weight is 359 g/mol. The largest absolute Gasteiger partial charge is 0.457 e. The van der Waals surface area contributed by atoms with E-state index in [1.807, 2.05) is 55.5 Å². The molecule has 2 aromatic carbocycles. The van der Waals surface area contributed by atoms with Crippen LogP contribution in [-0.4, -0.2) is 11.6 Å². The van der Waals surface area contributed by atoms with Crippen LogP contribution in [-0.2, 0) is 4.79 Å². The maximum atomic E-state index is 11.3. The topological polar surface area (TPSA) is 50.7 Å². The third kappa shape index (κ3) is 3.36. The van der Waals surface area contributed by atoms with E-state index in [-0.39, 0.29) is 11.8 Å². The molecule has 22 heavy (non-hydrogen) atoms. The van der Waals surface area contributed by atoms with E-state index in [0.717, 1.165) is 27.2 Å². The first kappa shape index (κ1) is 14.8. The first-order chi connectivity index (χ1) is 10.6. The van der Waals surface area contributed by atoms with E-state index in [0.29, 0.717) is 6.42 Å². The van der Waals surface area contributed by atoms with E-state index in [1.54, 1.807) is 0 Å². The van der Waals surface area contributed by atoms with Gasteiger partial charge in [0.1, 0.15) is 11.5 Å². The number of ether oxygens (including phenoxy) is 1. The predicted octanol–water partition coefficient (Wildman–Crippen LogP) is 4.10. The fourth-order valence-electron chi connectivity index (χ4n) is 2.33. The maximum Gasteiger partial charge on any atom is 0.240 e. The van der Waals surface area contributed by atoms with Gasteiger partial charge in [0.2, 0.25) is 5.91 Å². The third-order valence-corrected chi connectivity index (χ3v) is 3.99. The van der Waals surface area contributed by atoms with Crippen molar-refractivity contribution < 1.29 is 9.53 Å². The van der Waals surface area contributed by atoms with Crippen LogP contribution in [0.5, 0.6) is 11.5 Å².